The molecule has 1 aromatic carbocycles. The number of benzene rings is 1. The van der Waals surface area contributed by atoms with Crippen LogP contribution in [-0.4, -0.2) is 65.9 Å². The second kappa shape index (κ2) is 8.59. The summed E-state index contributed by atoms with van der Waals surface area (Å²) < 4.78 is 10.7. The van der Waals surface area contributed by atoms with Crippen molar-refractivity contribution in [1.29, 1.82) is 0 Å². The lowest BCUT2D eigenvalue weighted by Gasteiger charge is -2.26. The second-order valence-corrected chi connectivity index (χ2v) is 7.17. The van der Waals surface area contributed by atoms with Crippen LogP contribution in [0.3, 0.4) is 0 Å². The van der Waals surface area contributed by atoms with Crippen LogP contribution < -0.4 is 5.32 Å². The van der Waals surface area contributed by atoms with Gasteiger partial charge in [0.15, 0.2) is 5.69 Å². The van der Waals surface area contributed by atoms with Gasteiger partial charge in [-0.3, -0.25) is 14.7 Å². The van der Waals surface area contributed by atoms with Gasteiger partial charge in [0.1, 0.15) is 6.10 Å². The largest absolute Gasteiger partial charge is 0.377 e. The van der Waals surface area contributed by atoms with Crippen molar-refractivity contribution in [1.82, 2.24) is 20.4 Å². The van der Waals surface area contributed by atoms with Crippen LogP contribution in [0.4, 0.5) is 0 Å². The molecule has 2 amide bonds. The van der Waals surface area contributed by atoms with E-state index >= 15 is 0 Å². The fourth-order valence-electron chi connectivity index (χ4n) is 3.67. The number of carbonyl (C=O) groups excluding carboxylic acids is 2. The van der Waals surface area contributed by atoms with Gasteiger partial charge in [0.25, 0.3) is 5.91 Å². The first-order chi connectivity index (χ1) is 14.2. The molecule has 1 fully saturated rings. The van der Waals surface area contributed by atoms with Gasteiger partial charge in [0.2, 0.25) is 5.91 Å². The zero-order valence-corrected chi connectivity index (χ0v) is 16.3. The maximum Gasteiger partial charge on any atom is 0.272 e. The van der Waals surface area contributed by atoms with Gasteiger partial charge in [-0.1, -0.05) is 30.3 Å². The Morgan fingerprint density at radius 3 is 2.93 bits per heavy atom. The third kappa shape index (κ3) is 4.23. The molecule has 2 aromatic rings. The zero-order chi connectivity index (χ0) is 20.2. The first kappa shape index (κ1) is 19.4. The quantitative estimate of drug-likeness (QED) is 0.739. The fraction of sp³-hybridized carbons (Fsp3) is 0.381. The Balaban J connectivity index is 1.40. The van der Waals surface area contributed by atoms with Crippen LogP contribution in [-0.2, 0) is 27.2 Å². The van der Waals surface area contributed by atoms with Gasteiger partial charge in [-0.15, -0.1) is 0 Å². The van der Waals surface area contributed by atoms with Crippen LogP contribution in [0.25, 0.3) is 6.08 Å². The molecule has 3 heterocycles. The molecule has 29 heavy (non-hydrogen) atoms. The highest BCUT2D eigenvalue weighted by molar-refractivity contribution is 5.95. The molecular formula is C21H24N4O4. The Labute approximate surface area is 168 Å². The molecule has 0 bridgehead atoms. The number of rotatable bonds is 5. The van der Waals surface area contributed by atoms with Gasteiger partial charge >= 0.3 is 0 Å². The summed E-state index contributed by atoms with van der Waals surface area (Å²) >= 11 is 0. The van der Waals surface area contributed by atoms with Crippen LogP contribution in [0.1, 0.15) is 27.3 Å². The predicted octanol–water partition coefficient (Wildman–Crippen LogP) is 1.15. The fourth-order valence-corrected chi connectivity index (χ4v) is 3.67. The third-order valence-corrected chi connectivity index (χ3v) is 5.33. The monoisotopic (exact) mass is 396 g/mol. The number of nitrogens with zero attached hydrogens (tertiary/aromatic N) is 2. The van der Waals surface area contributed by atoms with E-state index in [0.717, 1.165) is 16.8 Å². The average Bonchev–Trinajstić information content (AvgIpc) is 3.38. The van der Waals surface area contributed by atoms with Crippen LogP contribution in [0.15, 0.2) is 36.4 Å². The number of hydrogen-bond donors (Lipinski definition) is 2. The van der Waals surface area contributed by atoms with E-state index in [-0.39, 0.29) is 24.0 Å². The molecule has 2 aliphatic heterocycles. The van der Waals surface area contributed by atoms with Gasteiger partial charge in [-0.05, 0) is 18.1 Å². The Hall–Kier alpha value is -2.97. The molecule has 8 heteroatoms. The van der Waals surface area contributed by atoms with Gasteiger partial charge in [-0.25, -0.2) is 0 Å². The number of nitrogens with one attached hydrogen (secondary N) is 2. The molecule has 4 rings (SSSR count). The second-order valence-electron chi connectivity index (χ2n) is 7.17. The number of fused-ring (bicyclic) bond motifs is 1. The minimum atomic E-state index is -0.246. The van der Waals surface area contributed by atoms with Crippen LogP contribution in [0, 0.1) is 0 Å². The van der Waals surface area contributed by atoms with E-state index in [1.165, 1.54) is 0 Å². The SMILES string of the molecule is CO[C@H]1COC[C@@H]1NC(=O)c1n[nH]c2c1CCN(C(=O)/C=C/c1ccccc1)C2. The molecule has 2 N–H and O–H groups in total. The number of ether oxygens (including phenoxy) is 2. The number of amides is 2. The van der Waals surface area contributed by atoms with Crippen molar-refractivity contribution in [2.24, 2.45) is 0 Å². The number of carbonyl (C=O) groups is 2. The molecule has 0 aliphatic carbocycles. The van der Waals surface area contributed by atoms with Crippen molar-refractivity contribution >= 4 is 17.9 Å². The third-order valence-electron chi connectivity index (χ3n) is 5.33. The van der Waals surface area contributed by atoms with Crippen LogP contribution in [0.5, 0.6) is 0 Å². The molecule has 0 unspecified atom stereocenters. The number of H-pyrrole nitrogens is 1. The van der Waals surface area contributed by atoms with Crippen LogP contribution >= 0.6 is 0 Å². The summed E-state index contributed by atoms with van der Waals surface area (Å²) in [6.07, 6.45) is 3.81. The van der Waals surface area contributed by atoms with Gasteiger partial charge in [-0.2, -0.15) is 5.10 Å². The Morgan fingerprint density at radius 2 is 2.14 bits per heavy atom. The molecule has 0 radical (unpaired) electrons. The first-order valence-corrected chi connectivity index (χ1v) is 9.65. The molecule has 1 saturated heterocycles. The summed E-state index contributed by atoms with van der Waals surface area (Å²) in [6, 6.07) is 9.50. The molecule has 0 spiro atoms. The summed E-state index contributed by atoms with van der Waals surface area (Å²) in [7, 11) is 1.60. The van der Waals surface area contributed by atoms with E-state index in [1.54, 1.807) is 24.2 Å². The lowest BCUT2D eigenvalue weighted by molar-refractivity contribution is -0.126. The summed E-state index contributed by atoms with van der Waals surface area (Å²) in [6.45, 7) is 1.83. The van der Waals surface area contributed by atoms with E-state index < -0.39 is 0 Å². The maximum absolute atomic E-state index is 12.7. The van der Waals surface area contributed by atoms with E-state index in [0.29, 0.717) is 38.4 Å². The Bertz CT molecular complexity index is 909. The molecule has 8 nitrogen and oxygen atoms in total. The minimum Gasteiger partial charge on any atom is -0.377 e. The highest BCUT2D eigenvalue weighted by Gasteiger charge is 2.32. The van der Waals surface area contributed by atoms with Crippen molar-refractivity contribution in [2.75, 3.05) is 26.9 Å². The number of aromatic amines is 1. The van der Waals surface area contributed by atoms with Crippen molar-refractivity contribution < 1.29 is 19.1 Å². The minimum absolute atomic E-state index is 0.0638. The molecule has 0 saturated carbocycles. The highest BCUT2D eigenvalue weighted by Crippen LogP contribution is 2.21. The number of hydrogen-bond acceptors (Lipinski definition) is 5. The lowest BCUT2D eigenvalue weighted by Crippen LogP contribution is -2.44. The first-order valence-electron chi connectivity index (χ1n) is 9.65. The maximum atomic E-state index is 12.7. The summed E-state index contributed by atoms with van der Waals surface area (Å²) in [5, 5.41) is 10.1. The van der Waals surface area contributed by atoms with Crippen molar-refractivity contribution in [3.05, 3.63) is 58.9 Å². The Morgan fingerprint density at radius 1 is 1.31 bits per heavy atom. The summed E-state index contributed by atoms with van der Waals surface area (Å²) in [4.78, 5) is 26.9. The molecule has 2 aliphatic rings. The molecule has 1 aromatic heterocycles. The predicted molar refractivity (Wildman–Crippen MR) is 106 cm³/mol. The molecular weight excluding hydrogens is 372 g/mol. The van der Waals surface area contributed by atoms with Gasteiger partial charge < -0.3 is 19.7 Å². The van der Waals surface area contributed by atoms with E-state index in [1.807, 2.05) is 30.3 Å². The number of aromatic nitrogens is 2. The Kier molecular flexibility index (Phi) is 5.73. The van der Waals surface area contributed by atoms with E-state index in [4.69, 9.17) is 9.47 Å². The summed E-state index contributed by atoms with van der Waals surface area (Å²) in [5.41, 5.74) is 3.03. The lowest BCUT2D eigenvalue weighted by atomic mass is 10.0. The molecule has 152 valence electrons. The van der Waals surface area contributed by atoms with Crippen molar-refractivity contribution in [3.8, 4) is 0 Å². The smallest absolute Gasteiger partial charge is 0.272 e. The topological polar surface area (TPSA) is 96.6 Å². The summed E-state index contributed by atoms with van der Waals surface area (Å²) in [5.74, 6) is -0.310. The normalized spacial score (nSPS) is 21.3. The van der Waals surface area contributed by atoms with Crippen molar-refractivity contribution in [2.45, 2.75) is 25.1 Å². The zero-order valence-electron chi connectivity index (χ0n) is 16.3. The highest BCUT2D eigenvalue weighted by atomic mass is 16.5. The van der Waals surface area contributed by atoms with E-state index in [2.05, 4.69) is 15.5 Å². The number of methoxy groups -OCH3 is 1. The van der Waals surface area contributed by atoms with E-state index in [9.17, 15) is 9.59 Å². The van der Waals surface area contributed by atoms with Gasteiger partial charge in [0, 0.05) is 25.3 Å². The van der Waals surface area contributed by atoms with Crippen molar-refractivity contribution in [3.63, 3.8) is 0 Å². The average molecular weight is 396 g/mol. The standard InChI is InChI=1S/C21H24N4O4/c1-28-18-13-29-12-17(18)22-21(27)20-15-9-10-25(11-16(15)23-24-20)19(26)8-7-14-5-3-2-4-6-14/h2-8,17-18H,9-13H2,1H3,(H,22,27)(H,23,24)/b8-7+/t17-,18-/m0/s1. The molecule has 2 atom stereocenters. The van der Waals surface area contributed by atoms with Crippen LogP contribution in [0.2, 0.25) is 0 Å². The van der Waals surface area contributed by atoms with Gasteiger partial charge in [0.05, 0.1) is 31.5 Å².